The lowest BCUT2D eigenvalue weighted by atomic mass is 9.87. The van der Waals surface area contributed by atoms with Gasteiger partial charge in [-0.25, -0.2) is 4.98 Å². The quantitative estimate of drug-likeness (QED) is 0.573. The molecule has 3 N–H and O–H groups in total. The van der Waals surface area contributed by atoms with Gasteiger partial charge in [-0.05, 0) is 18.5 Å². The zero-order chi connectivity index (χ0) is 13.2. The first-order valence-corrected chi connectivity index (χ1v) is 5.78. The molecule has 0 fully saturated rings. The molecule has 0 unspecified atom stereocenters. The Morgan fingerprint density at radius 3 is 2.59 bits per heavy atom. The van der Waals surface area contributed by atoms with Crippen molar-refractivity contribution in [3.63, 3.8) is 0 Å². The zero-order valence-electron chi connectivity index (χ0n) is 10.4. The molecule has 0 spiro atoms. The second-order valence-electron chi connectivity index (χ2n) is 4.74. The Balaban J connectivity index is 3.40. The molecule has 0 atom stereocenters. The van der Waals surface area contributed by atoms with Crippen molar-refractivity contribution in [2.75, 3.05) is 11.9 Å². The van der Waals surface area contributed by atoms with E-state index in [-0.39, 0.29) is 16.6 Å². The number of nitrogens with zero attached hydrogens (tertiary/aromatic N) is 1. The third kappa shape index (κ3) is 3.06. The molecule has 0 aliphatic carbocycles. The van der Waals surface area contributed by atoms with Crippen LogP contribution in [0, 0.1) is 10.8 Å². The molecule has 0 aromatic carbocycles. The molecule has 0 saturated heterocycles. The number of anilines is 1. The fraction of sp³-hybridized carbons (Fsp3) is 0.545. The van der Waals surface area contributed by atoms with Crippen LogP contribution >= 0.6 is 11.6 Å². The molecule has 1 heterocycles. The number of aromatic nitrogens is 2. The van der Waals surface area contributed by atoms with E-state index in [0.717, 1.165) is 0 Å². The maximum Gasteiger partial charge on any atom is 0.275 e. The topological polar surface area (TPSA) is 81.6 Å². The first-order chi connectivity index (χ1) is 7.77. The summed E-state index contributed by atoms with van der Waals surface area (Å²) in [7, 11) is 0. The van der Waals surface area contributed by atoms with Gasteiger partial charge in [0.15, 0.2) is 0 Å². The smallest absolute Gasteiger partial charge is 0.275 e. The highest BCUT2D eigenvalue weighted by molar-refractivity contribution is 6.28. The molecule has 0 amide bonds. The summed E-state index contributed by atoms with van der Waals surface area (Å²) in [5.41, 5.74) is 0.149. The summed E-state index contributed by atoms with van der Waals surface area (Å²) >= 11 is 5.73. The largest absolute Gasteiger partial charge is 0.379 e. The van der Waals surface area contributed by atoms with Crippen LogP contribution in [0.4, 0.5) is 5.69 Å². The molecule has 0 radical (unpaired) electrons. The van der Waals surface area contributed by atoms with E-state index in [4.69, 9.17) is 17.0 Å². The van der Waals surface area contributed by atoms with Crippen molar-refractivity contribution < 1.29 is 0 Å². The van der Waals surface area contributed by atoms with E-state index in [2.05, 4.69) is 15.3 Å². The summed E-state index contributed by atoms with van der Waals surface area (Å²) in [4.78, 5) is 18.2. The van der Waals surface area contributed by atoms with Gasteiger partial charge >= 0.3 is 0 Å². The number of hydrogen-bond acceptors (Lipinski definition) is 4. The molecule has 1 aromatic rings. The van der Waals surface area contributed by atoms with E-state index in [1.165, 1.54) is 0 Å². The average Bonchev–Trinajstić information content (AvgIpc) is 2.19. The maximum atomic E-state index is 11.7. The molecule has 0 saturated carbocycles. The predicted octanol–water partition coefficient (Wildman–Crippen LogP) is 2.27. The van der Waals surface area contributed by atoms with Crippen LogP contribution < -0.4 is 10.9 Å². The number of rotatable bonds is 3. The Hall–Kier alpha value is -1.36. The summed E-state index contributed by atoms with van der Waals surface area (Å²) in [6.45, 7) is 8.13. The van der Waals surface area contributed by atoms with Gasteiger partial charge in [0.2, 0.25) is 5.28 Å². The molecule has 0 aliphatic rings. The minimum absolute atomic E-state index is 0.000605. The summed E-state index contributed by atoms with van der Waals surface area (Å²) in [5, 5.41) is 11.0. The molecule has 0 bridgehead atoms. The van der Waals surface area contributed by atoms with Gasteiger partial charge in [0.05, 0.1) is 5.71 Å². The highest BCUT2D eigenvalue weighted by Crippen LogP contribution is 2.23. The predicted molar refractivity (Wildman–Crippen MR) is 70.3 cm³/mol. The Morgan fingerprint density at radius 1 is 1.53 bits per heavy atom. The minimum Gasteiger partial charge on any atom is -0.379 e. The molecule has 17 heavy (non-hydrogen) atoms. The van der Waals surface area contributed by atoms with Gasteiger partial charge in [-0.15, -0.1) is 0 Å². The first kappa shape index (κ1) is 13.7. The van der Waals surface area contributed by atoms with Gasteiger partial charge in [0, 0.05) is 12.0 Å². The van der Waals surface area contributed by atoms with Crippen LogP contribution in [-0.4, -0.2) is 22.2 Å². The van der Waals surface area contributed by atoms with Crippen LogP contribution in [0.15, 0.2) is 4.79 Å². The van der Waals surface area contributed by atoms with Gasteiger partial charge in [0.1, 0.15) is 11.4 Å². The summed E-state index contributed by atoms with van der Waals surface area (Å²) in [5.74, 6) is 0. The molecule has 1 rings (SSSR count). The lowest BCUT2D eigenvalue weighted by Gasteiger charge is -2.21. The van der Waals surface area contributed by atoms with E-state index in [1.54, 1.807) is 0 Å². The lowest BCUT2D eigenvalue weighted by Crippen LogP contribution is -2.27. The van der Waals surface area contributed by atoms with Crippen molar-refractivity contribution in [1.29, 1.82) is 5.41 Å². The highest BCUT2D eigenvalue weighted by Gasteiger charge is 2.24. The van der Waals surface area contributed by atoms with Gasteiger partial charge in [-0.2, -0.15) is 0 Å². The molecular weight excluding hydrogens is 240 g/mol. The van der Waals surface area contributed by atoms with Gasteiger partial charge in [-0.1, -0.05) is 20.8 Å². The number of halogens is 1. The van der Waals surface area contributed by atoms with Crippen LogP contribution in [0.3, 0.4) is 0 Å². The Morgan fingerprint density at radius 2 is 2.12 bits per heavy atom. The van der Waals surface area contributed by atoms with Crippen LogP contribution in [0.25, 0.3) is 0 Å². The van der Waals surface area contributed by atoms with Crippen LogP contribution in [0.1, 0.15) is 33.4 Å². The van der Waals surface area contributed by atoms with Crippen LogP contribution in [0.5, 0.6) is 0 Å². The molecular formula is C11H17ClN4O. The van der Waals surface area contributed by atoms with Crippen molar-refractivity contribution >= 4 is 23.0 Å². The number of nitrogens with one attached hydrogen (secondary N) is 3. The van der Waals surface area contributed by atoms with Crippen molar-refractivity contribution in [1.82, 2.24) is 9.97 Å². The highest BCUT2D eigenvalue weighted by atomic mass is 35.5. The monoisotopic (exact) mass is 256 g/mol. The van der Waals surface area contributed by atoms with Crippen molar-refractivity contribution in [3.05, 3.63) is 21.3 Å². The van der Waals surface area contributed by atoms with Crippen LogP contribution in [-0.2, 0) is 0 Å². The second kappa shape index (κ2) is 4.87. The molecule has 6 heteroatoms. The molecule has 94 valence electrons. The fourth-order valence-electron chi connectivity index (χ4n) is 1.32. The zero-order valence-corrected chi connectivity index (χ0v) is 11.2. The summed E-state index contributed by atoms with van der Waals surface area (Å²) in [6.07, 6.45) is 0. The van der Waals surface area contributed by atoms with E-state index in [1.807, 2.05) is 27.7 Å². The molecule has 5 nitrogen and oxygen atoms in total. The fourth-order valence-corrected chi connectivity index (χ4v) is 1.49. The number of aromatic amines is 1. The first-order valence-electron chi connectivity index (χ1n) is 5.40. The third-order valence-electron chi connectivity index (χ3n) is 2.23. The minimum atomic E-state index is -0.395. The van der Waals surface area contributed by atoms with Gasteiger partial charge in [0.25, 0.3) is 5.56 Å². The van der Waals surface area contributed by atoms with Crippen molar-refractivity contribution in [2.45, 2.75) is 27.7 Å². The molecule has 1 aromatic heterocycles. The summed E-state index contributed by atoms with van der Waals surface area (Å²) < 4.78 is 0. The van der Waals surface area contributed by atoms with Crippen LogP contribution in [0.2, 0.25) is 5.28 Å². The standard InChI is InChI=1S/C11H17ClN4O/c1-5-14-7-6(8(13)11(2,3)4)15-10(12)16-9(7)17/h13-14H,5H2,1-4H3,(H,15,16,17). The summed E-state index contributed by atoms with van der Waals surface area (Å²) in [6, 6.07) is 0. The van der Waals surface area contributed by atoms with Crippen molar-refractivity contribution in [2.24, 2.45) is 5.41 Å². The maximum absolute atomic E-state index is 11.7. The van der Waals surface area contributed by atoms with E-state index in [9.17, 15) is 4.79 Å². The second-order valence-corrected chi connectivity index (χ2v) is 5.09. The Labute approximate surface area is 105 Å². The van der Waals surface area contributed by atoms with Gasteiger partial charge < -0.3 is 10.7 Å². The average molecular weight is 257 g/mol. The normalized spacial score (nSPS) is 11.4. The lowest BCUT2D eigenvalue weighted by molar-refractivity contribution is 0.586. The Bertz CT molecular complexity index is 487. The van der Waals surface area contributed by atoms with Crippen molar-refractivity contribution in [3.8, 4) is 0 Å². The molecule has 0 aliphatic heterocycles. The SMILES string of the molecule is CCNc1c(C(=N)C(C)(C)C)nc(Cl)[nH]c1=O. The van der Waals surface area contributed by atoms with E-state index < -0.39 is 5.41 Å². The van der Waals surface area contributed by atoms with Gasteiger partial charge in [-0.3, -0.25) is 9.78 Å². The van der Waals surface area contributed by atoms with E-state index in [0.29, 0.717) is 17.9 Å². The Kier molecular flexibility index (Phi) is 3.93. The third-order valence-corrected chi connectivity index (χ3v) is 2.41. The van der Waals surface area contributed by atoms with E-state index >= 15 is 0 Å². The number of H-pyrrole nitrogens is 1. The number of hydrogen-bond donors (Lipinski definition) is 3.